The van der Waals surface area contributed by atoms with Gasteiger partial charge >= 0.3 is 0 Å². The number of hydrogen-bond donors (Lipinski definition) is 2. The number of aryl methyl sites for hydroxylation is 1. The van der Waals surface area contributed by atoms with Gasteiger partial charge < -0.3 is 5.73 Å². The van der Waals surface area contributed by atoms with Crippen LogP contribution in [0.4, 0.5) is 11.4 Å². The second kappa shape index (κ2) is 5.23. The Kier molecular flexibility index (Phi) is 3.63. The number of sulfonamides is 1. The number of nitriles is 1. The molecule has 0 aromatic heterocycles. The summed E-state index contributed by atoms with van der Waals surface area (Å²) in [5.74, 6) is 0. The van der Waals surface area contributed by atoms with Gasteiger partial charge in [0.15, 0.2) is 0 Å². The van der Waals surface area contributed by atoms with Crippen LogP contribution in [0.5, 0.6) is 0 Å². The van der Waals surface area contributed by atoms with Gasteiger partial charge in [-0.1, -0.05) is 12.1 Å². The topological polar surface area (TPSA) is 96.0 Å². The second-order valence-corrected chi connectivity index (χ2v) is 5.96. The number of nitrogens with one attached hydrogen (secondary N) is 1. The summed E-state index contributed by atoms with van der Waals surface area (Å²) in [5.41, 5.74) is 7.44. The number of nitrogens with zero attached hydrogens (tertiary/aromatic N) is 1. The number of benzene rings is 2. The lowest BCUT2D eigenvalue weighted by Crippen LogP contribution is -2.14. The molecule has 0 amide bonds. The monoisotopic (exact) mass is 287 g/mol. The first-order valence-electron chi connectivity index (χ1n) is 5.82. The molecule has 0 saturated carbocycles. The molecule has 2 aromatic carbocycles. The van der Waals surface area contributed by atoms with Crippen LogP contribution < -0.4 is 10.5 Å². The van der Waals surface area contributed by atoms with Crippen molar-refractivity contribution in [1.82, 2.24) is 0 Å². The average Bonchev–Trinajstić information content (AvgIpc) is 2.41. The summed E-state index contributed by atoms with van der Waals surface area (Å²) in [6.45, 7) is 1.69. The van der Waals surface area contributed by atoms with Gasteiger partial charge in [0.2, 0.25) is 0 Å². The van der Waals surface area contributed by atoms with Crippen molar-refractivity contribution in [3.05, 3.63) is 53.6 Å². The van der Waals surface area contributed by atoms with Gasteiger partial charge in [0, 0.05) is 0 Å². The molecule has 2 aromatic rings. The van der Waals surface area contributed by atoms with Crippen LogP contribution in [-0.2, 0) is 10.0 Å². The van der Waals surface area contributed by atoms with Gasteiger partial charge in [0.05, 0.1) is 27.9 Å². The smallest absolute Gasteiger partial charge is 0.261 e. The zero-order valence-electron chi connectivity index (χ0n) is 10.8. The van der Waals surface area contributed by atoms with Gasteiger partial charge in [-0.25, -0.2) is 8.42 Å². The summed E-state index contributed by atoms with van der Waals surface area (Å²) in [4.78, 5) is 0.0947. The van der Waals surface area contributed by atoms with Crippen molar-refractivity contribution < 1.29 is 8.42 Å². The highest BCUT2D eigenvalue weighted by atomic mass is 32.2. The van der Waals surface area contributed by atoms with E-state index in [9.17, 15) is 8.42 Å². The van der Waals surface area contributed by atoms with Crippen LogP contribution in [0.2, 0.25) is 0 Å². The van der Waals surface area contributed by atoms with Gasteiger partial charge in [-0.15, -0.1) is 0 Å². The van der Waals surface area contributed by atoms with Crippen molar-refractivity contribution >= 4 is 21.4 Å². The SMILES string of the molecule is Cc1cc(S(=O)(=O)Nc2ccccc2N)ccc1C#N. The predicted octanol–water partition coefficient (Wildman–Crippen LogP) is 2.25. The molecule has 0 atom stereocenters. The lowest BCUT2D eigenvalue weighted by Gasteiger charge is -2.10. The standard InChI is InChI=1S/C14H13N3O2S/c1-10-8-12(7-6-11(10)9-15)20(18,19)17-14-5-3-2-4-13(14)16/h2-8,17H,16H2,1H3. The van der Waals surface area contributed by atoms with E-state index in [1.165, 1.54) is 18.2 Å². The molecule has 0 fully saturated rings. The van der Waals surface area contributed by atoms with Crippen molar-refractivity contribution in [2.75, 3.05) is 10.5 Å². The maximum absolute atomic E-state index is 12.3. The Morgan fingerprint density at radius 1 is 1.20 bits per heavy atom. The van der Waals surface area contributed by atoms with Crippen LogP contribution in [0.25, 0.3) is 0 Å². The van der Waals surface area contributed by atoms with Crippen LogP contribution in [0.3, 0.4) is 0 Å². The number of anilines is 2. The van der Waals surface area contributed by atoms with E-state index in [4.69, 9.17) is 11.0 Å². The maximum atomic E-state index is 12.3. The molecule has 3 N–H and O–H groups in total. The first-order valence-corrected chi connectivity index (χ1v) is 7.30. The first kappa shape index (κ1) is 13.9. The van der Waals surface area contributed by atoms with E-state index >= 15 is 0 Å². The Labute approximate surface area is 117 Å². The van der Waals surface area contributed by atoms with Crippen molar-refractivity contribution in [3.8, 4) is 6.07 Å². The minimum Gasteiger partial charge on any atom is -0.397 e. The summed E-state index contributed by atoms with van der Waals surface area (Å²) in [5, 5.41) is 8.85. The van der Waals surface area contributed by atoms with Crippen LogP contribution in [0, 0.1) is 18.3 Å². The Morgan fingerprint density at radius 2 is 1.90 bits per heavy atom. The van der Waals surface area contributed by atoms with Gasteiger partial charge in [-0.3, -0.25) is 4.72 Å². The molecule has 0 unspecified atom stereocenters. The lowest BCUT2D eigenvalue weighted by molar-refractivity contribution is 0.601. The lowest BCUT2D eigenvalue weighted by atomic mass is 10.1. The molecular formula is C14H13N3O2S. The van der Waals surface area contributed by atoms with E-state index in [0.29, 0.717) is 22.5 Å². The zero-order valence-corrected chi connectivity index (χ0v) is 11.6. The molecule has 0 aliphatic heterocycles. The third-order valence-electron chi connectivity index (χ3n) is 2.83. The molecule has 2 rings (SSSR count). The zero-order chi connectivity index (χ0) is 14.8. The van der Waals surface area contributed by atoms with Crippen LogP contribution in [-0.4, -0.2) is 8.42 Å². The quantitative estimate of drug-likeness (QED) is 0.846. The Bertz CT molecular complexity index is 792. The van der Waals surface area contributed by atoms with Gasteiger partial charge in [-0.05, 0) is 42.8 Å². The van der Waals surface area contributed by atoms with Crippen molar-refractivity contribution in [2.24, 2.45) is 0 Å². The Balaban J connectivity index is 2.39. The molecule has 0 spiro atoms. The molecule has 5 nitrogen and oxygen atoms in total. The molecule has 0 aliphatic rings. The summed E-state index contributed by atoms with van der Waals surface area (Å²) in [7, 11) is -3.72. The van der Waals surface area contributed by atoms with E-state index in [0.717, 1.165) is 0 Å². The molecule has 0 radical (unpaired) electrons. The van der Waals surface area contributed by atoms with E-state index in [-0.39, 0.29) is 4.90 Å². The predicted molar refractivity (Wildman–Crippen MR) is 77.6 cm³/mol. The molecule has 0 aliphatic carbocycles. The van der Waals surface area contributed by atoms with Crippen molar-refractivity contribution in [1.29, 1.82) is 5.26 Å². The largest absolute Gasteiger partial charge is 0.397 e. The summed E-state index contributed by atoms with van der Waals surface area (Å²) in [6, 6.07) is 12.9. The molecule has 0 bridgehead atoms. The number of nitrogens with two attached hydrogens (primary N) is 1. The summed E-state index contributed by atoms with van der Waals surface area (Å²) >= 11 is 0. The number of para-hydroxylation sites is 2. The van der Waals surface area contributed by atoms with Crippen LogP contribution in [0.15, 0.2) is 47.4 Å². The minimum absolute atomic E-state index is 0.0947. The summed E-state index contributed by atoms with van der Waals surface area (Å²) < 4.78 is 26.9. The maximum Gasteiger partial charge on any atom is 0.261 e. The van der Waals surface area contributed by atoms with Crippen LogP contribution in [0.1, 0.15) is 11.1 Å². The number of rotatable bonds is 3. The van der Waals surface area contributed by atoms with Gasteiger partial charge in [-0.2, -0.15) is 5.26 Å². The molecule has 102 valence electrons. The van der Waals surface area contributed by atoms with Crippen LogP contribution >= 0.6 is 0 Å². The fourth-order valence-corrected chi connectivity index (χ4v) is 2.89. The van der Waals surface area contributed by atoms with Gasteiger partial charge in [0.1, 0.15) is 0 Å². The fourth-order valence-electron chi connectivity index (χ4n) is 1.72. The molecule has 20 heavy (non-hydrogen) atoms. The highest BCUT2D eigenvalue weighted by molar-refractivity contribution is 7.92. The minimum atomic E-state index is -3.72. The average molecular weight is 287 g/mol. The third-order valence-corrected chi connectivity index (χ3v) is 4.20. The van der Waals surface area contributed by atoms with Crippen molar-refractivity contribution in [3.63, 3.8) is 0 Å². The Hall–Kier alpha value is -2.52. The summed E-state index contributed by atoms with van der Waals surface area (Å²) in [6.07, 6.45) is 0. The number of hydrogen-bond acceptors (Lipinski definition) is 4. The second-order valence-electron chi connectivity index (χ2n) is 4.28. The van der Waals surface area contributed by atoms with E-state index in [1.807, 2.05) is 6.07 Å². The Morgan fingerprint density at radius 3 is 2.50 bits per heavy atom. The number of nitrogen functional groups attached to an aromatic ring is 1. The van der Waals surface area contributed by atoms with E-state index in [2.05, 4.69) is 4.72 Å². The van der Waals surface area contributed by atoms with E-state index < -0.39 is 10.0 Å². The highest BCUT2D eigenvalue weighted by Crippen LogP contribution is 2.22. The fraction of sp³-hybridized carbons (Fsp3) is 0.0714. The normalized spacial score (nSPS) is 10.8. The molecule has 6 heteroatoms. The van der Waals surface area contributed by atoms with Crippen molar-refractivity contribution in [2.45, 2.75) is 11.8 Å². The van der Waals surface area contributed by atoms with E-state index in [1.54, 1.807) is 31.2 Å². The van der Waals surface area contributed by atoms with Gasteiger partial charge in [0.25, 0.3) is 10.0 Å². The first-order chi connectivity index (χ1) is 9.44. The third kappa shape index (κ3) is 2.73. The molecule has 0 heterocycles. The molecule has 0 saturated heterocycles. The highest BCUT2D eigenvalue weighted by Gasteiger charge is 2.16. The molecular weight excluding hydrogens is 274 g/mol.